The van der Waals surface area contributed by atoms with Crippen LogP contribution in [0.2, 0.25) is 0 Å². The van der Waals surface area contributed by atoms with Gasteiger partial charge in [0.05, 0.1) is 12.2 Å². The zero-order valence-electron chi connectivity index (χ0n) is 20.5. The van der Waals surface area contributed by atoms with E-state index in [1.807, 2.05) is 38.1 Å². The highest BCUT2D eigenvalue weighted by molar-refractivity contribution is 5.89. The average Bonchev–Trinajstić information content (AvgIpc) is 3.16. The maximum absolute atomic E-state index is 12.6. The fraction of sp³-hybridized carbons (Fsp3) is 0.679. The van der Waals surface area contributed by atoms with Gasteiger partial charge in [-0.25, -0.2) is 4.79 Å². The Morgan fingerprint density at radius 2 is 1.59 bits per heavy atom. The molecular weight excluding hydrogens is 400 g/mol. The first-order valence-electron chi connectivity index (χ1n) is 12.8. The zero-order valence-corrected chi connectivity index (χ0v) is 20.5. The third-order valence-electron chi connectivity index (χ3n) is 5.95. The lowest BCUT2D eigenvalue weighted by Crippen LogP contribution is -2.33. The van der Waals surface area contributed by atoms with E-state index in [1.165, 1.54) is 70.6 Å². The molecule has 0 spiro atoms. The van der Waals surface area contributed by atoms with E-state index in [4.69, 9.17) is 14.2 Å². The summed E-state index contributed by atoms with van der Waals surface area (Å²) >= 11 is 0. The van der Waals surface area contributed by atoms with Gasteiger partial charge < -0.3 is 14.2 Å². The van der Waals surface area contributed by atoms with Crippen LogP contribution in [0.3, 0.4) is 0 Å². The van der Waals surface area contributed by atoms with Crippen molar-refractivity contribution in [2.75, 3.05) is 6.61 Å². The lowest BCUT2D eigenvalue weighted by molar-refractivity contribution is -0.148. The lowest BCUT2D eigenvalue weighted by Gasteiger charge is -2.22. The topological polar surface area (TPSA) is 44.8 Å². The second-order valence-corrected chi connectivity index (χ2v) is 9.36. The van der Waals surface area contributed by atoms with E-state index < -0.39 is 11.9 Å². The second kappa shape index (κ2) is 15.2. The first-order chi connectivity index (χ1) is 15.5. The summed E-state index contributed by atoms with van der Waals surface area (Å²) in [6.07, 6.45) is 19.1. The van der Waals surface area contributed by atoms with Gasteiger partial charge in [0, 0.05) is 0 Å². The number of hydrogen-bond donors (Lipinski definition) is 0. The fourth-order valence-electron chi connectivity index (χ4n) is 4.04. The van der Waals surface area contributed by atoms with Crippen LogP contribution in [0.25, 0.3) is 0 Å². The Kier molecular flexibility index (Phi) is 12.7. The molecule has 0 amide bonds. The van der Waals surface area contributed by atoms with Gasteiger partial charge >= 0.3 is 5.97 Å². The highest BCUT2D eigenvalue weighted by Gasteiger charge is 2.38. The normalized spacial score (nSPS) is 18.8. The summed E-state index contributed by atoms with van der Waals surface area (Å²) < 4.78 is 17.4. The zero-order chi connectivity index (χ0) is 23.1. The van der Waals surface area contributed by atoms with Crippen LogP contribution in [0, 0.1) is 0 Å². The summed E-state index contributed by atoms with van der Waals surface area (Å²) in [5, 5.41) is 0. The number of hydrogen-bond acceptors (Lipinski definition) is 4. The molecule has 180 valence electrons. The molecule has 1 aliphatic rings. The van der Waals surface area contributed by atoms with Gasteiger partial charge in [0.2, 0.25) is 0 Å². The third-order valence-corrected chi connectivity index (χ3v) is 5.95. The molecule has 0 bridgehead atoms. The number of unbranched alkanes of at least 4 members (excludes halogenated alkanes) is 11. The number of ether oxygens (including phenoxy) is 3. The first-order valence-corrected chi connectivity index (χ1v) is 12.8. The Labute approximate surface area is 195 Å². The first kappa shape index (κ1) is 26.6. The molecule has 32 heavy (non-hydrogen) atoms. The smallest absolute Gasteiger partial charge is 0.338 e. The Balaban J connectivity index is 1.67. The van der Waals surface area contributed by atoms with Crippen molar-refractivity contribution in [2.24, 2.45) is 0 Å². The van der Waals surface area contributed by atoms with Crippen LogP contribution in [0.1, 0.15) is 108 Å². The van der Waals surface area contributed by atoms with E-state index in [0.717, 1.165) is 6.42 Å². The molecule has 1 aromatic carbocycles. The maximum Gasteiger partial charge on any atom is 0.338 e. The van der Waals surface area contributed by atoms with Crippen LogP contribution in [0.4, 0.5) is 0 Å². The van der Waals surface area contributed by atoms with Crippen molar-refractivity contribution in [2.45, 2.75) is 116 Å². The summed E-state index contributed by atoms with van der Waals surface area (Å²) in [6.45, 7) is 6.46. The minimum Gasteiger partial charge on any atom is -0.452 e. The van der Waals surface area contributed by atoms with E-state index >= 15 is 0 Å². The quantitative estimate of drug-likeness (QED) is 0.149. The second-order valence-electron chi connectivity index (χ2n) is 9.36. The molecule has 2 rings (SSSR count). The van der Waals surface area contributed by atoms with Crippen molar-refractivity contribution in [1.29, 1.82) is 0 Å². The molecule has 0 radical (unpaired) electrons. The van der Waals surface area contributed by atoms with Crippen LogP contribution in [0.5, 0.6) is 0 Å². The van der Waals surface area contributed by atoms with E-state index in [0.29, 0.717) is 12.2 Å². The highest BCUT2D eigenvalue weighted by Crippen LogP contribution is 2.26. The molecular formula is C28H44O4. The standard InChI is InChI=1S/C28H44O4/c1-4-5-6-7-8-9-10-11-12-13-14-15-19-22-25(26-23-30-28(2,3)32-26)31-27(29)24-20-17-16-18-21-24/h16-22,25-26H,4-15,23H2,1-3H3/b22-19+/t25-,26-/m1/s1. The number of rotatable bonds is 16. The van der Waals surface area contributed by atoms with Crippen molar-refractivity contribution in [3.05, 3.63) is 48.0 Å². The predicted octanol–water partition coefficient (Wildman–Crippen LogP) is 7.62. The van der Waals surface area contributed by atoms with E-state index in [9.17, 15) is 4.79 Å². The molecule has 4 nitrogen and oxygen atoms in total. The molecule has 1 fully saturated rings. The predicted molar refractivity (Wildman–Crippen MR) is 131 cm³/mol. The summed E-state index contributed by atoms with van der Waals surface area (Å²) in [7, 11) is 0. The number of allylic oxidation sites excluding steroid dienone is 1. The summed E-state index contributed by atoms with van der Waals surface area (Å²) in [5.74, 6) is -0.977. The maximum atomic E-state index is 12.6. The van der Waals surface area contributed by atoms with Crippen LogP contribution in [-0.2, 0) is 14.2 Å². The Morgan fingerprint density at radius 3 is 2.16 bits per heavy atom. The van der Waals surface area contributed by atoms with Gasteiger partial charge in [0.15, 0.2) is 5.79 Å². The largest absolute Gasteiger partial charge is 0.452 e. The van der Waals surface area contributed by atoms with Crippen LogP contribution in [0.15, 0.2) is 42.5 Å². The molecule has 0 unspecified atom stereocenters. The Bertz CT molecular complexity index is 653. The number of carbonyl (C=O) groups is 1. The van der Waals surface area contributed by atoms with E-state index in [-0.39, 0.29) is 12.1 Å². The van der Waals surface area contributed by atoms with Crippen molar-refractivity contribution in [3.63, 3.8) is 0 Å². The summed E-state index contributed by atoms with van der Waals surface area (Å²) in [5.41, 5.74) is 0.550. The Hall–Kier alpha value is -1.65. The molecule has 0 saturated carbocycles. The fourth-order valence-corrected chi connectivity index (χ4v) is 4.04. The molecule has 4 heteroatoms. The van der Waals surface area contributed by atoms with Gasteiger partial charge in [-0.1, -0.05) is 95.4 Å². The molecule has 0 aliphatic carbocycles. The molecule has 0 aromatic heterocycles. The van der Waals surface area contributed by atoms with Gasteiger partial charge in [-0.15, -0.1) is 0 Å². The van der Waals surface area contributed by atoms with Gasteiger partial charge in [0.1, 0.15) is 12.2 Å². The van der Waals surface area contributed by atoms with E-state index in [2.05, 4.69) is 13.0 Å². The summed E-state index contributed by atoms with van der Waals surface area (Å²) in [4.78, 5) is 12.6. The summed E-state index contributed by atoms with van der Waals surface area (Å²) in [6, 6.07) is 9.10. The SMILES string of the molecule is CCCCCCCCCCCCC/C=C/[C@@H](OC(=O)c1ccccc1)[C@H]1COC(C)(C)O1. The molecule has 2 atom stereocenters. The average molecular weight is 445 g/mol. The van der Waals surface area contributed by atoms with Gasteiger partial charge in [-0.3, -0.25) is 0 Å². The van der Waals surface area contributed by atoms with Crippen molar-refractivity contribution in [3.8, 4) is 0 Å². The van der Waals surface area contributed by atoms with E-state index in [1.54, 1.807) is 12.1 Å². The molecule has 1 heterocycles. The van der Waals surface area contributed by atoms with Crippen LogP contribution >= 0.6 is 0 Å². The van der Waals surface area contributed by atoms with Gasteiger partial charge in [-0.05, 0) is 44.9 Å². The van der Waals surface area contributed by atoms with Crippen molar-refractivity contribution in [1.82, 2.24) is 0 Å². The molecule has 0 N–H and O–H groups in total. The monoisotopic (exact) mass is 444 g/mol. The van der Waals surface area contributed by atoms with Crippen molar-refractivity contribution >= 4 is 5.97 Å². The van der Waals surface area contributed by atoms with Crippen molar-refractivity contribution < 1.29 is 19.0 Å². The number of carbonyl (C=O) groups excluding carboxylic acids is 1. The minimum atomic E-state index is -0.647. The lowest BCUT2D eigenvalue weighted by atomic mass is 10.0. The third kappa shape index (κ3) is 10.8. The number of esters is 1. The molecule has 1 saturated heterocycles. The minimum absolute atomic E-state index is 0.286. The van der Waals surface area contributed by atoms with Gasteiger partial charge in [-0.2, -0.15) is 0 Å². The number of benzene rings is 1. The van der Waals surface area contributed by atoms with Crippen LogP contribution in [-0.4, -0.2) is 30.6 Å². The van der Waals surface area contributed by atoms with Crippen LogP contribution < -0.4 is 0 Å². The highest BCUT2D eigenvalue weighted by atomic mass is 16.7. The molecule has 1 aliphatic heterocycles. The molecule has 1 aromatic rings. The van der Waals surface area contributed by atoms with Gasteiger partial charge in [0.25, 0.3) is 0 Å². The Morgan fingerprint density at radius 1 is 1.00 bits per heavy atom.